The molecule has 1 fully saturated rings. The smallest absolute Gasteiger partial charge is 0.246 e. The number of nitrogens with zero attached hydrogens (tertiary/aromatic N) is 1. The molecule has 0 aliphatic carbocycles. The number of piperazine rings is 1. The maximum atomic E-state index is 12.7. The molecule has 1 saturated heterocycles. The third-order valence-corrected chi connectivity index (χ3v) is 4.07. The molecular weight excluding hydrogens is 254 g/mol. The first kappa shape index (κ1) is 13.0. The molecular formula is C15H19N3O2. The van der Waals surface area contributed by atoms with Crippen LogP contribution in [0.1, 0.15) is 18.9 Å². The lowest BCUT2D eigenvalue weighted by molar-refractivity contribution is -0.143. The number of carbonyl (C=O) groups excluding carboxylic acids is 2. The van der Waals surface area contributed by atoms with Gasteiger partial charge >= 0.3 is 0 Å². The highest BCUT2D eigenvalue weighted by Gasteiger charge is 2.37. The van der Waals surface area contributed by atoms with Gasteiger partial charge in [0.15, 0.2) is 0 Å². The Bertz CT molecular complexity index is 519. The second-order valence-electron chi connectivity index (χ2n) is 5.30. The van der Waals surface area contributed by atoms with E-state index in [1.807, 2.05) is 31.2 Å². The number of para-hydroxylation sites is 1. The van der Waals surface area contributed by atoms with Crippen LogP contribution in [0, 0.1) is 0 Å². The highest BCUT2D eigenvalue weighted by Crippen LogP contribution is 2.26. The van der Waals surface area contributed by atoms with Crippen molar-refractivity contribution in [1.29, 1.82) is 0 Å². The summed E-state index contributed by atoms with van der Waals surface area (Å²) in [7, 11) is 0. The predicted octanol–water partition coefficient (Wildman–Crippen LogP) is 0.760. The lowest BCUT2D eigenvalue weighted by atomic mass is 10.1. The molecule has 0 aromatic heterocycles. The van der Waals surface area contributed by atoms with Crippen molar-refractivity contribution in [3.05, 3.63) is 29.8 Å². The van der Waals surface area contributed by atoms with E-state index in [9.17, 15) is 9.59 Å². The van der Waals surface area contributed by atoms with Gasteiger partial charge in [-0.3, -0.25) is 9.59 Å². The minimum Gasteiger partial charge on any atom is -0.373 e. The summed E-state index contributed by atoms with van der Waals surface area (Å²) >= 11 is 0. The summed E-state index contributed by atoms with van der Waals surface area (Å²) in [6.07, 6.45) is 1.35. The first-order chi connectivity index (χ1) is 9.70. The Morgan fingerprint density at radius 2 is 2.20 bits per heavy atom. The Hall–Kier alpha value is -2.04. The third kappa shape index (κ3) is 2.13. The molecule has 5 nitrogen and oxygen atoms in total. The van der Waals surface area contributed by atoms with Crippen LogP contribution in [0.25, 0.3) is 0 Å². The van der Waals surface area contributed by atoms with Crippen molar-refractivity contribution in [2.75, 3.05) is 18.4 Å². The molecule has 20 heavy (non-hydrogen) atoms. The summed E-state index contributed by atoms with van der Waals surface area (Å²) in [6, 6.07) is 7.39. The van der Waals surface area contributed by atoms with Crippen molar-refractivity contribution in [2.45, 2.75) is 31.8 Å². The molecule has 1 aromatic rings. The zero-order valence-electron chi connectivity index (χ0n) is 11.6. The molecule has 0 spiro atoms. The number of anilines is 1. The van der Waals surface area contributed by atoms with Crippen LogP contribution in [0.15, 0.2) is 24.3 Å². The first-order valence-corrected chi connectivity index (χ1v) is 7.13. The molecule has 2 aliphatic rings. The summed E-state index contributed by atoms with van der Waals surface area (Å²) in [5, 5.41) is 6.09. The van der Waals surface area contributed by atoms with Crippen LogP contribution in [0.3, 0.4) is 0 Å². The molecule has 0 saturated carbocycles. The van der Waals surface area contributed by atoms with Gasteiger partial charge in [-0.05, 0) is 18.1 Å². The predicted molar refractivity (Wildman–Crippen MR) is 76.4 cm³/mol. The standard InChI is InChI=1S/C15H19N3O2/c1-2-13-14(19)16-7-8-18(13)15(20)12-9-10-5-3-4-6-11(10)17-12/h3-6,12-13,17H,2,7-9H2,1H3,(H,16,19). The monoisotopic (exact) mass is 273 g/mol. The van der Waals surface area contributed by atoms with Crippen LogP contribution in [-0.4, -0.2) is 41.9 Å². The number of amides is 2. The number of nitrogens with one attached hydrogen (secondary N) is 2. The summed E-state index contributed by atoms with van der Waals surface area (Å²) in [5.41, 5.74) is 2.20. The second-order valence-corrected chi connectivity index (χ2v) is 5.30. The fourth-order valence-corrected chi connectivity index (χ4v) is 3.03. The molecule has 2 unspecified atom stereocenters. The van der Waals surface area contributed by atoms with E-state index < -0.39 is 0 Å². The number of fused-ring (bicyclic) bond motifs is 1. The average molecular weight is 273 g/mol. The van der Waals surface area contributed by atoms with E-state index in [1.54, 1.807) is 4.90 Å². The summed E-state index contributed by atoms with van der Waals surface area (Å²) in [5.74, 6) is -0.00879. The van der Waals surface area contributed by atoms with Gasteiger partial charge in [0, 0.05) is 25.2 Å². The Labute approximate surface area is 118 Å². The number of hydrogen-bond donors (Lipinski definition) is 2. The lowest BCUT2D eigenvalue weighted by Gasteiger charge is -2.36. The lowest BCUT2D eigenvalue weighted by Crippen LogP contribution is -2.59. The van der Waals surface area contributed by atoms with Gasteiger partial charge in [-0.2, -0.15) is 0 Å². The van der Waals surface area contributed by atoms with Crippen molar-refractivity contribution in [3.8, 4) is 0 Å². The highest BCUT2D eigenvalue weighted by molar-refractivity contribution is 5.93. The molecule has 2 aliphatic heterocycles. The number of hydrogen-bond acceptors (Lipinski definition) is 3. The molecule has 2 heterocycles. The van der Waals surface area contributed by atoms with Crippen LogP contribution < -0.4 is 10.6 Å². The summed E-state index contributed by atoms with van der Waals surface area (Å²) < 4.78 is 0. The van der Waals surface area contributed by atoms with E-state index >= 15 is 0 Å². The minimum absolute atomic E-state index is 0.0305. The quantitative estimate of drug-likeness (QED) is 0.836. The first-order valence-electron chi connectivity index (χ1n) is 7.13. The fraction of sp³-hybridized carbons (Fsp3) is 0.467. The Kier molecular flexibility index (Phi) is 3.34. The van der Waals surface area contributed by atoms with Crippen LogP contribution in [-0.2, 0) is 16.0 Å². The zero-order chi connectivity index (χ0) is 14.1. The number of rotatable bonds is 2. The maximum absolute atomic E-state index is 12.7. The van der Waals surface area contributed by atoms with Gasteiger partial charge in [-0.25, -0.2) is 0 Å². The third-order valence-electron chi connectivity index (χ3n) is 4.07. The van der Waals surface area contributed by atoms with E-state index in [0.717, 1.165) is 5.69 Å². The fourth-order valence-electron chi connectivity index (χ4n) is 3.03. The Balaban J connectivity index is 1.75. The topological polar surface area (TPSA) is 61.4 Å². The molecule has 0 bridgehead atoms. The zero-order valence-corrected chi connectivity index (χ0v) is 11.6. The van der Waals surface area contributed by atoms with E-state index in [-0.39, 0.29) is 23.9 Å². The van der Waals surface area contributed by atoms with Crippen molar-refractivity contribution in [3.63, 3.8) is 0 Å². The van der Waals surface area contributed by atoms with Crippen molar-refractivity contribution < 1.29 is 9.59 Å². The van der Waals surface area contributed by atoms with Gasteiger partial charge < -0.3 is 15.5 Å². The van der Waals surface area contributed by atoms with E-state index in [0.29, 0.717) is 25.9 Å². The SMILES string of the molecule is CCC1C(=O)NCCN1C(=O)C1Cc2ccccc2N1. The molecule has 5 heteroatoms. The van der Waals surface area contributed by atoms with Gasteiger partial charge in [-0.1, -0.05) is 25.1 Å². The molecule has 2 amide bonds. The van der Waals surface area contributed by atoms with Crippen LogP contribution in [0.2, 0.25) is 0 Å². The molecule has 1 aromatic carbocycles. The largest absolute Gasteiger partial charge is 0.373 e. The van der Waals surface area contributed by atoms with Gasteiger partial charge in [-0.15, -0.1) is 0 Å². The van der Waals surface area contributed by atoms with Crippen molar-refractivity contribution in [1.82, 2.24) is 10.2 Å². The van der Waals surface area contributed by atoms with Crippen LogP contribution in [0.4, 0.5) is 5.69 Å². The second kappa shape index (κ2) is 5.15. The Morgan fingerprint density at radius 3 is 2.95 bits per heavy atom. The Morgan fingerprint density at radius 1 is 1.40 bits per heavy atom. The number of carbonyl (C=O) groups is 2. The van der Waals surface area contributed by atoms with Gasteiger partial charge in [0.25, 0.3) is 0 Å². The molecule has 3 rings (SSSR count). The van der Waals surface area contributed by atoms with E-state index in [4.69, 9.17) is 0 Å². The van der Waals surface area contributed by atoms with Crippen LogP contribution in [0.5, 0.6) is 0 Å². The molecule has 2 N–H and O–H groups in total. The van der Waals surface area contributed by atoms with Gasteiger partial charge in [0.2, 0.25) is 11.8 Å². The van der Waals surface area contributed by atoms with E-state index in [1.165, 1.54) is 5.56 Å². The minimum atomic E-state index is -0.332. The summed E-state index contributed by atoms with van der Waals surface area (Å²) in [6.45, 7) is 3.07. The van der Waals surface area contributed by atoms with E-state index in [2.05, 4.69) is 10.6 Å². The molecule has 0 radical (unpaired) electrons. The van der Waals surface area contributed by atoms with Crippen molar-refractivity contribution in [2.24, 2.45) is 0 Å². The summed E-state index contributed by atoms with van der Waals surface area (Å²) in [4.78, 5) is 26.2. The van der Waals surface area contributed by atoms with Crippen molar-refractivity contribution >= 4 is 17.5 Å². The van der Waals surface area contributed by atoms with Gasteiger partial charge in [0.1, 0.15) is 12.1 Å². The normalized spacial score (nSPS) is 24.9. The van der Waals surface area contributed by atoms with Crippen LogP contribution >= 0.6 is 0 Å². The molecule has 2 atom stereocenters. The highest BCUT2D eigenvalue weighted by atomic mass is 16.2. The average Bonchev–Trinajstić information content (AvgIpc) is 2.90. The van der Waals surface area contributed by atoms with Gasteiger partial charge in [0.05, 0.1) is 0 Å². The number of benzene rings is 1. The molecule has 106 valence electrons. The maximum Gasteiger partial charge on any atom is 0.246 e.